The second kappa shape index (κ2) is 4.09. The van der Waals surface area contributed by atoms with Gasteiger partial charge in [-0.2, -0.15) is 0 Å². The quantitative estimate of drug-likeness (QED) is 0.775. The first-order chi connectivity index (χ1) is 6.85. The molecule has 1 N–H and O–H groups in total. The summed E-state index contributed by atoms with van der Waals surface area (Å²) >= 11 is 0. The third-order valence-electron chi connectivity index (χ3n) is 2.85. The lowest BCUT2D eigenvalue weighted by Gasteiger charge is -2.22. The lowest BCUT2D eigenvalue weighted by atomic mass is 10.0. The molecular formula is C10H17N3O. The van der Waals surface area contributed by atoms with E-state index in [2.05, 4.69) is 21.7 Å². The van der Waals surface area contributed by atoms with Crippen LogP contribution in [-0.2, 0) is 19.4 Å². The largest absolute Gasteiger partial charge is 0.396 e. The third-order valence-corrected chi connectivity index (χ3v) is 2.85. The Morgan fingerprint density at radius 1 is 1.50 bits per heavy atom. The minimum atomic E-state index is 0.281. The molecule has 2 heterocycles. The first-order valence-electron chi connectivity index (χ1n) is 5.37. The highest BCUT2D eigenvalue weighted by molar-refractivity contribution is 5.00. The summed E-state index contributed by atoms with van der Waals surface area (Å²) in [5, 5.41) is 17.5. The monoisotopic (exact) mass is 195 g/mol. The van der Waals surface area contributed by atoms with Gasteiger partial charge < -0.3 is 9.67 Å². The topological polar surface area (TPSA) is 50.9 Å². The minimum Gasteiger partial charge on any atom is -0.396 e. The van der Waals surface area contributed by atoms with Crippen LogP contribution in [0.3, 0.4) is 0 Å². The minimum absolute atomic E-state index is 0.281. The molecule has 1 aromatic heterocycles. The van der Waals surface area contributed by atoms with Crippen LogP contribution in [0.15, 0.2) is 0 Å². The molecule has 1 aromatic rings. The molecule has 4 heteroatoms. The zero-order valence-electron chi connectivity index (χ0n) is 8.61. The number of nitrogens with zero attached hydrogens (tertiary/aromatic N) is 3. The second-order valence-electron chi connectivity index (χ2n) is 3.98. The Morgan fingerprint density at radius 2 is 2.36 bits per heavy atom. The molecule has 0 saturated heterocycles. The molecular weight excluding hydrogens is 178 g/mol. The van der Waals surface area contributed by atoms with Crippen molar-refractivity contribution in [3.63, 3.8) is 0 Å². The van der Waals surface area contributed by atoms with E-state index in [0.29, 0.717) is 5.92 Å². The maximum atomic E-state index is 9.12. The molecule has 0 amide bonds. The molecule has 0 aliphatic carbocycles. The van der Waals surface area contributed by atoms with Gasteiger partial charge in [0.2, 0.25) is 0 Å². The normalized spacial score (nSPS) is 20.9. The smallest absolute Gasteiger partial charge is 0.133 e. The highest BCUT2D eigenvalue weighted by atomic mass is 16.3. The summed E-state index contributed by atoms with van der Waals surface area (Å²) < 4.78 is 2.19. The number of aliphatic hydroxyl groups is 1. The molecule has 0 radical (unpaired) electrons. The van der Waals surface area contributed by atoms with Crippen molar-refractivity contribution >= 4 is 0 Å². The maximum Gasteiger partial charge on any atom is 0.133 e. The Labute approximate surface area is 84.0 Å². The summed E-state index contributed by atoms with van der Waals surface area (Å²) in [6, 6.07) is 0. The molecule has 0 saturated carbocycles. The van der Waals surface area contributed by atoms with Gasteiger partial charge in [-0.15, -0.1) is 10.2 Å². The Bertz CT molecular complexity index is 308. The summed E-state index contributed by atoms with van der Waals surface area (Å²) in [4.78, 5) is 0. The van der Waals surface area contributed by atoms with E-state index in [1.807, 2.05) is 0 Å². The predicted octanol–water partition coefficient (Wildman–Crippen LogP) is 0.785. The van der Waals surface area contributed by atoms with Crippen LogP contribution in [0.25, 0.3) is 0 Å². The molecule has 14 heavy (non-hydrogen) atoms. The molecule has 1 unspecified atom stereocenters. The lowest BCUT2D eigenvalue weighted by Crippen LogP contribution is -2.24. The summed E-state index contributed by atoms with van der Waals surface area (Å²) in [5.41, 5.74) is 0. The van der Waals surface area contributed by atoms with E-state index < -0.39 is 0 Å². The van der Waals surface area contributed by atoms with Gasteiger partial charge in [-0.25, -0.2) is 0 Å². The lowest BCUT2D eigenvalue weighted by molar-refractivity contribution is 0.189. The van der Waals surface area contributed by atoms with E-state index in [4.69, 9.17) is 5.11 Å². The Morgan fingerprint density at radius 3 is 3.07 bits per heavy atom. The van der Waals surface area contributed by atoms with Gasteiger partial charge in [0.15, 0.2) is 0 Å². The van der Waals surface area contributed by atoms with Crippen LogP contribution < -0.4 is 0 Å². The second-order valence-corrected chi connectivity index (χ2v) is 3.98. The summed E-state index contributed by atoms with van der Waals surface area (Å²) in [6.07, 6.45) is 4.09. The standard InChI is InChI=1S/C10H17N3O/c1-2-3-9-11-12-10-5-4-8(7-14)6-13(9)10/h8,14H,2-7H2,1H3. The van der Waals surface area contributed by atoms with Gasteiger partial charge >= 0.3 is 0 Å². The van der Waals surface area contributed by atoms with Crippen LogP contribution >= 0.6 is 0 Å². The first-order valence-corrected chi connectivity index (χ1v) is 5.37. The SMILES string of the molecule is CCCc1nnc2n1CC(CO)CC2. The molecule has 0 spiro atoms. The van der Waals surface area contributed by atoms with Crippen molar-refractivity contribution in [2.45, 2.75) is 39.2 Å². The van der Waals surface area contributed by atoms with Gasteiger partial charge in [0.05, 0.1) is 0 Å². The summed E-state index contributed by atoms with van der Waals surface area (Å²) in [7, 11) is 0. The van der Waals surface area contributed by atoms with Crippen molar-refractivity contribution in [2.24, 2.45) is 5.92 Å². The van der Waals surface area contributed by atoms with Gasteiger partial charge in [0.1, 0.15) is 11.6 Å². The molecule has 0 aromatic carbocycles. The fourth-order valence-corrected chi connectivity index (χ4v) is 2.01. The van der Waals surface area contributed by atoms with Gasteiger partial charge in [0, 0.05) is 31.9 Å². The van der Waals surface area contributed by atoms with Crippen molar-refractivity contribution in [3.05, 3.63) is 11.6 Å². The fraction of sp³-hybridized carbons (Fsp3) is 0.800. The molecule has 1 aliphatic rings. The molecule has 2 rings (SSSR count). The van der Waals surface area contributed by atoms with Crippen LogP contribution in [0.1, 0.15) is 31.4 Å². The van der Waals surface area contributed by atoms with Crippen LogP contribution in [0, 0.1) is 5.92 Å². The number of hydrogen-bond donors (Lipinski definition) is 1. The number of hydrogen-bond acceptors (Lipinski definition) is 3. The summed E-state index contributed by atoms with van der Waals surface area (Å²) in [6.45, 7) is 3.32. The first kappa shape index (κ1) is 9.65. The molecule has 0 fully saturated rings. The van der Waals surface area contributed by atoms with Gasteiger partial charge in [0.25, 0.3) is 0 Å². The number of rotatable bonds is 3. The van der Waals surface area contributed by atoms with E-state index in [9.17, 15) is 0 Å². The maximum absolute atomic E-state index is 9.12. The third kappa shape index (κ3) is 1.66. The molecule has 4 nitrogen and oxygen atoms in total. The van der Waals surface area contributed by atoms with E-state index in [1.54, 1.807) is 0 Å². The van der Waals surface area contributed by atoms with E-state index >= 15 is 0 Å². The average Bonchev–Trinajstić information content (AvgIpc) is 2.61. The van der Waals surface area contributed by atoms with Crippen molar-refractivity contribution < 1.29 is 5.11 Å². The zero-order valence-corrected chi connectivity index (χ0v) is 8.61. The van der Waals surface area contributed by atoms with Gasteiger partial charge in [-0.1, -0.05) is 6.92 Å². The van der Waals surface area contributed by atoms with Crippen molar-refractivity contribution in [3.8, 4) is 0 Å². The van der Waals surface area contributed by atoms with Crippen LogP contribution in [0.2, 0.25) is 0 Å². The number of aromatic nitrogens is 3. The predicted molar refractivity (Wildman–Crippen MR) is 52.9 cm³/mol. The van der Waals surface area contributed by atoms with Crippen molar-refractivity contribution in [2.75, 3.05) is 6.61 Å². The number of fused-ring (bicyclic) bond motifs is 1. The highest BCUT2D eigenvalue weighted by Crippen LogP contribution is 2.19. The average molecular weight is 195 g/mol. The van der Waals surface area contributed by atoms with Crippen LogP contribution in [-0.4, -0.2) is 26.5 Å². The number of aryl methyl sites for hydroxylation is 2. The van der Waals surface area contributed by atoms with E-state index in [-0.39, 0.29) is 6.61 Å². The molecule has 0 bridgehead atoms. The van der Waals surface area contributed by atoms with Gasteiger partial charge in [-0.05, 0) is 12.8 Å². The van der Waals surface area contributed by atoms with Gasteiger partial charge in [-0.3, -0.25) is 0 Å². The van der Waals surface area contributed by atoms with Crippen LogP contribution in [0.5, 0.6) is 0 Å². The number of aliphatic hydroxyl groups excluding tert-OH is 1. The van der Waals surface area contributed by atoms with Crippen molar-refractivity contribution in [1.29, 1.82) is 0 Å². The van der Waals surface area contributed by atoms with E-state index in [1.165, 1.54) is 0 Å². The van der Waals surface area contributed by atoms with Crippen molar-refractivity contribution in [1.82, 2.24) is 14.8 Å². The zero-order chi connectivity index (χ0) is 9.97. The highest BCUT2D eigenvalue weighted by Gasteiger charge is 2.21. The molecule has 1 atom stereocenters. The Balaban J connectivity index is 2.19. The molecule has 78 valence electrons. The Kier molecular flexibility index (Phi) is 2.82. The van der Waals surface area contributed by atoms with E-state index in [0.717, 1.165) is 43.9 Å². The fourth-order valence-electron chi connectivity index (χ4n) is 2.01. The summed E-state index contributed by atoms with van der Waals surface area (Å²) in [5.74, 6) is 2.58. The molecule has 1 aliphatic heterocycles. The van der Waals surface area contributed by atoms with Crippen LogP contribution in [0.4, 0.5) is 0 Å². The Hall–Kier alpha value is -0.900.